The predicted molar refractivity (Wildman–Crippen MR) is 246 cm³/mol. The molecule has 4 aromatic carbocycles. The van der Waals surface area contributed by atoms with Crippen LogP contribution < -0.4 is 12.4 Å². The number of nitrogens with zero attached hydrogens (tertiary/aromatic N) is 2. The van der Waals surface area contributed by atoms with E-state index in [4.69, 9.17) is 28.9 Å². The number of H-pyrrole nitrogens is 2. The first-order valence-electron chi connectivity index (χ1n) is 20.5. The second kappa shape index (κ2) is 20.2. The number of carbonyl (C=O) groups excluding carboxylic acids is 4. The largest absolute Gasteiger partial charge is 1.00 e. The van der Waals surface area contributed by atoms with Gasteiger partial charge in [0, 0.05) is 83.6 Å². The number of rotatable bonds is 8. The second-order valence-corrected chi connectivity index (χ2v) is 15.2. The smallest absolute Gasteiger partial charge is 0.337 e. The van der Waals surface area contributed by atoms with Crippen molar-refractivity contribution >= 4 is 70.2 Å². The van der Waals surface area contributed by atoms with Crippen molar-refractivity contribution in [2.75, 3.05) is 28.4 Å². The predicted octanol–water partition coefficient (Wildman–Crippen LogP) is 8.03. The molecule has 0 fully saturated rings. The summed E-state index contributed by atoms with van der Waals surface area (Å²) in [5.41, 5.74) is 2.10. The summed E-state index contributed by atoms with van der Waals surface area (Å²) in [4.78, 5) is 66.3. The third-order valence-corrected chi connectivity index (χ3v) is 11.4. The van der Waals surface area contributed by atoms with Gasteiger partial charge in [-0.25, -0.2) is 46.7 Å². The van der Waals surface area contributed by atoms with E-state index >= 15 is 17.6 Å². The third kappa shape index (κ3) is 9.00. The molecule has 5 heterocycles. The normalized spacial score (nSPS) is 11.3. The number of aromatic nitrogens is 4. The fourth-order valence-electron chi connectivity index (χ4n) is 8.19. The fourth-order valence-corrected chi connectivity index (χ4v) is 8.19. The van der Waals surface area contributed by atoms with Crippen LogP contribution in [-0.2, 0) is 36.0 Å². The Morgan fingerprint density at radius 3 is 0.900 bits per heavy atom. The van der Waals surface area contributed by atoms with Crippen molar-refractivity contribution in [1.82, 2.24) is 19.9 Å². The van der Waals surface area contributed by atoms with Crippen LogP contribution in [0.5, 0.6) is 0 Å². The summed E-state index contributed by atoms with van der Waals surface area (Å²) in [5.74, 6) is -6.41. The topological polar surface area (TPSA) is 163 Å². The Hall–Kier alpha value is -8.11. The van der Waals surface area contributed by atoms with Gasteiger partial charge in [0.1, 0.15) is 23.3 Å². The van der Waals surface area contributed by atoms with Gasteiger partial charge in [-0.1, -0.05) is 24.3 Å². The SMILES string of the molecule is COC(=O)c1ccc(-c2c3nc(c(-c4ccc(C(=O)OC)cc4F)c4ccc([nH]4)c(-c4ccc(C(=O)OC)cc4F)c4ccc([nH]4)c(-c4ccc(C(=O)OC)cc4F)c4nc2C=C4)C=C3)c(F)c1.[Cl-].[Mn]. The van der Waals surface area contributed by atoms with E-state index in [0.29, 0.717) is 0 Å². The molecule has 2 aliphatic heterocycles. The Kier molecular flexibility index (Phi) is 14.4. The number of carbonyl (C=O) groups is 4. The molecule has 0 unspecified atom stereocenters. The summed E-state index contributed by atoms with van der Waals surface area (Å²) < 4.78 is 85.1. The van der Waals surface area contributed by atoms with E-state index in [1.165, 1.54) is 69.9 Å². The molecule has 2 N–H and O–H groups in total. The van der Waals surface area contributed by atoms with Crippen LogP contribution in [0.4, 0.5) is 17.6 Å². The number of halogens is 5. The molecular weight excluding hydrogens is 975 g/mol. The number of hydrogen-bond donors (Lipinski definition) is 2. The van der Waals surface area contributed by atoms with Crippen LogP contribution in [0.2, 0.25) is 0 Å². The molecule has 70 heavy (non-hydrogen) atoms. The average Bonchev–Trinajstić information content (AvgIpc) is 4.20. The summed E-state index contributed by atoms with van der Waals surface area (Å²) >= 11 is 0. The van der Waals surface area contributed by atoms with Crippen LogP contribution >= 0.6 is 0 Å². The van der Waals surface area contributed by atoms with Gasteiger partial charge < -0.3 is 41.3 Å². The van der Waals surface area contributed by atoms with Crippen molar-refractivity contribution in [1.29, 1.82) is 0 Å². The third-order valence-electron chi connectivity index (χ3n) is 11.4. The van der Waals surface area contributed by atoms with Crippen molar-refractivity contribution in [3.05, 3.63) is 165 Å². The molecule has 2 aliphatic rings. The quantitative estimate of drug-likeness (QED) is 0.0660. The molecule has 353 valence electrons. The van der Waals surface area contributed by atoms with Crippen molar-refractivity contribution in [2.24, 2.45) is 0 Å². The van der Waals surface area contributed by atoms with Gasteiger partial charge in [0.25, 0.3) is 0 Å². The number of hydrogen-bond acceptors (Lipinski definition) is 10. The maximum Gasteiger partial charge on any atom is 0.337 e. The number of aromatic amines is 2. The molecule has 0 aliphatic carbocycles. The zero-order valence-electron chi connectivity index (χ0n) is 37.0. The molecule has 9 rings (SSSR count). The van der Waals surface area contributed by atoms with Crippen molar-refractivity contribution in [2.45, 2.75) is 0 Å². The molecule has 0 amide bonds. The van der Waals surface area contributed by atoms with Gasteiger partial charge in [0.05, 0.1) is 73.5 Å². The first kappa shape index (κ1) is 49.8. The Labute approximate surface area is 411 Å². The van der Waals surface area contributed by atoms with Crippen LogP contribution in [0.15, 0.2) is 97.1 Å². The van der Waals surface area contributed by atoms with E-state index in [9.17, 15) is 19.2 Å². The van der Waals surface area contributed by atoms with Gasteiger partial charge in [-0.05, 0) is 97.1 Å². The van der Waals surface area contributed by atoms with Gasteiger partial charge in [-0.3, -0.25) is 0 Å². The summed E-state index contributed by atoms with van der Waals surface area (Å²) in [6.07, 6.45) is 6.28. The van der Waals surface area contributed by atoms with Gasteiger partial charge in [0.2, 0.25) is 0 Å². The van der Waals surface area contributed by atoms with E-state index < -0.39 is 47.1 Å². The van der Waals surface area contributed by atoms with Crippen molar-refractivity contribution < 1.29 is 85.2 Å². The summed E-state index contributed by atoms with van der Waals surface area (Å²) in [5, 5.41) is 0. The molecule has 0 saturated carbocycles. The average molecular weight is 1010 g/mol. The molecule has 7 aromatic rings. The van der Waals surface area contributed by atoms with Crippen molar-refractivity contribution in [3.63, 3.8) is 0 Å². The Balaban J connectivity index is 0.00000361. The molecule has 8 bridgehead atoms. The van der Waals surface area contributed by atoms with Crippen LogP contribution in [0, 0.1) is 23.3 Å². The Morgan fingerprint density at radius 1 is 0.386 bits per heavy atom. The van der Waals surface area contributed by atoms with Crippen LogP contribution in [-0.4, -0.2) is 72.3 Å². The molecule has 0 atom stereocenters. The number of fused-ring (bicyclic) bond motifs is 8. The Bertz CT molecular complexity index is 3410. The van der Waals surface area contributed by atoms with Gasteiger partial charge in [-0.15, -0.1) is 0 Å². The van der Waals surface area contributed by atoms with E-state index in [0.717, 1.165) is 31.4 Å². The molecule has 0 spiro atoms. The molecule has 1 radical (unpaired) electrons. The van der Waals surface area contributed by atoms with E-state index in [2.05, 4.69) is 9.97 Å². The molecule has 12 nitrogen and oxygen atoms in total. The number of benzene rings is 4. The minimum Gasteiger partial charge on any atom is -1.00 e. The second-order valence-electron chi connectivity index (χ2n) is 15.2. The minimum atomic E-state index is -0.841. The maximum absolute atomic E-state index is 16.5. The monoisotopic (exact) mass is 1010 g/mol. The van der Waals surface area contributed by atoms with Gasteiger partial charge >= 0.3 is 23.9 Å². The first-order valence-corrected chi connectivity index (χ1v) is 20.5. The minimum absolute atomic E-state index is 0. The van der Waals surface area contributed by atoms with Gasteiger partial charge in [0.15, 0.2) is 0 Å². The van der Waals surface area contributed by atoms with Crippen LogP contribution in [0.3, 0.4) is 0 Å². The molecular formula is C52H34ClF4MnN4O8-. The Morgan fingerprint density at radius 2 is 0.629 bits per heavy atom. The first-order chi connectivity index (χ1) is 32.8. The van der Waals surface area contributed by atoms with E-state index in [-0.39, 0.29) is 141 Å². The zero-order chi connectivity index (χ0) is 48.0. The van der Waals surface area contributed by atoms with Crippen LogP contribution in [0.1, 0.15) is 64.2 Å². The summed E-state index contributed by atoms with van der Waals surface area (Å²) in [6.45, 7) is 0. The van der Waals surface area contributed by atoms with Crippen molar-refractivity contribution in [3.8, 4) is 44.5 Å². The standard InChI is InChI=1S/C52H34F4N4O8.ClH.Mn/c1-65-49(61)25-5-9-29(33(53)21-25)45-37-13-15-39(57-37)46(30-10-6-26(22-34(30)54)50(62)66-2)41-17-19-43(59-41)48(32-12-8-28(24-36(32)56)52(64)68-4)44-20-18-42(60-44)47(40-16-14-38(45)58-40)31-11-7-27(23-35(31)55)51(63)67-3;;/h5-24,57-58H,1-4H3;1H;/p-1. The van der Waals surface area contributed by atoms with Gasteiger partial charge in [-0.2, -0.15) is 0 Å². The number of ether oxygens (including phenoxy) is 4. The summed E-state index contributed by atoms with van der Waals surface area (Å²) in [6, 6.07) is 21.6. The molecule has 3 aromatic heterocycles. The number of methoxy groups -OCH3 is 4. The van der Waals surface area contributed by atoms with E-state index in [1.807, 2.05) is 0 Å². The molecule has 18 heteroatoms. The molecule has 0 saturated heterocycles. The number of esters is 4. The van der Waals surface area contributed by atoms with E-state index in [1.54, 1.807) is 48.6 Å². The summed E-state index contributed by atoms with van der Waals surface area (Å²) in [7, 11) is 4.66. The zero-order valence-corrected chi connectivity index (χ0v) is 38.9. The maximum atomic E-state index is 16.5. The fraction of sp³-hybridized carbons (Fsp3) is 0.0769. The number of nitrogens with one attached hydrogen (secondary N) is 2. The van der Waals surface area contributed by atoms with Crippen LogP contribution in [0.25, 0.3) is 90.9 Å².